The summed E-state index contributed by atoms with van der Waals surface area (Å²) >= 11 is 0. The minimum atomic E-state index is -4.79. The van der Waals surface area contributed by atoms with Crippen LogP contribution in [-0.2, 0) is 28.0 Å². The van der Waals surface area contributed by atoms with Crippen LogP contribution in [0.15, 0.2) is 11.1 Å². The maximum atomic E-state index is 13.0. The molecule has 0 bridgehead atoms. The lowest BCUT2D eigenvalue weighted by Crippen LogP contribution is -2.49. The number of amides is 1. The summed E-state index contributed by atoms with van der Waals surface area (Å²) in [5.74, 6) is -0.775. The molecule has 1 amide bonds. The zero-order valence-corrected chi connectivity index (χ0v) is 15.4. The molecule has 8 nitrogen and oxygen atoms in total. The Bertz CT molecular complexity index is 914. The summed E-state index contributed by atoms with van der Waals surface area (Å²) in [6.45, 7) is 1.74. The fourth-order valence-electron chi connectivity index (χ4n) is 3.17. The van der Waals surface area contributed by atoms with Gasteiger partial charge in [-0.05, 0) is 25.2 Å². The molecule has 1 aliphatic heterocycles. The Morgan fingerprint density at radius 3 is 2.56 bits per heavy atom. The fourth-order valence-corrected chi connectivity index (χ4v) is 5.01. The molecule has 1 aromatic heterocycles. The van der Waals surface area contributed by atoms with E-state index in [9.17, 15) is 26.4 Å². The van der Waals surface area contributed by atoms with Gasteiger partial charge in [0, 0.05) is 19.7 Å². The molecule has 12 heteroatoms. The van der Waals surface area contributed by atoms with Crippen molar-refractivity contribution in [2.24, 2.45) is 13.0 Å². The quantitative estimate of drug-likeness (QED) is 0.804. The molecule has 2 heterocycles. The maximum Gasteiger partial charge on any atom is 0.435 e. The Morgan fingerprint density at radius 1 is 1.44 bits per heavy atom. The lowest BCUT2D eigenvalue weighted by Gasteiger charge is -2.24. The minimum Gasteiger partial charge on any atom is -0.336 e. The maximum absolute atomic E-state index is 13.0. The molecule has 1 saturated heterocycles. The first-order valence-corrected chi connectivity index (χ1v) is 9.70. The normalized spacial score (nSPS) is 25.2. The molecule has 2 fully saturated rings. The van der Waals surface area contributed by atoms with Crippen LogP contribution in [0.25, 0.3) is 0 Å². The second-order valence-electron chi connectivity index (χ2n) is 7.10. The first-order chi connectivity index (χ1) is 12.4. The number of alkyl halides is 3. The predicted octanol–water partition coefficient (Wildman–Crippen LogP) is 1.01. The number of nitrogens with one attached hydrogen (secondary N) is 1. The lowest BCUT2D eigenvalue weighted by molar-refractivity contribution is -0.141. The number of carbonyl (C=O) groups is 1. The summed E-state index contributed by atoms with van der Waals surface area (Å²) in [5, 5.41) is 14.3. The number of nitrogens with zero attached hydrogens (tertiary/aromatic N) is 4. The van der Waals surface area contributed by atoms with Gasteiger partial charge in [0.2, 0.25) is 5.91 Å². The van der Waals surface area contributed by atoms with Gasteiger partial charge in [-0.15, -0.1) is 0 Å². The monoisotopic (exact) mass is 405 g/mol. The van der Waals surface area contributed by atoms with Crippen molar-refractivity contribution in [2.45, 2.75) is 49.0 Å². The average Bonchev–Trinajstić information content (AvgIpc) is 3.00. The average molecular weight is 405 g/mol. The van der Waals surface area contributed by atoms with Crippen LogP contribution in [0.2, 0.25) is 0 Å². The third-order valence-electron chi connectivity index (χ3n) is 4.79. The number of sulfonamides is 1. The highest BCUT2D eigenvalue weighted by Gasteiger charge is 2.50. The number of rotatable bonds is 4. The van der Waals surface area contributed by atoms with Gasteiger partial charge in [-0.1, -0.05) is 6.92 Å². The van der Waals surface area contributed by atoms with Crippen molar-refractivity contribution in [3.05, 3.63) is 11.8 Å². The van der Waals surface area contributed by atoms with E-state index in [1.807, 2.05) is 6.07 Å². The largest absolute Gasteiger partial charge is 0.435 e. The van der Waals surface area contributed by atoms with E-state index < -0.39 is 44.4 Å². The summed E-state index contributed by atoms with van der Waals surface area (Å²) in [6.07, 6.45) is -3.59. The highest BCUT2D eigenvalue weighted by Crippen LogP contribution is 2.37. The van der Waals surface area contributed by atoms with Crippen LogP contribution in [0, 0.1) is 17.2 Å². The van der Waals surface area contributed by atoms with Gasteiger partial charge in [-0.2, -0.15) is 27.8 Å². The second kappa shape index (κ2) is 6.20. The molecule has 1 saturated carbocycles. The molecule has 148 valence electrons. The number of nitriles is 1. The molecule has 2 atom stereocenters. The molecule has 0 radical (unpaired) electrons. The molecule has 0 aromatic carbocycles. The number of hydrogen-bond acceptors (Lipinski definition) is 5. The molecule has 1 aromatic rings. The molecule has 1 N–H and O–H groups in total. The first-order valence-electron chi connectivity index (χ1n) is 8.26. The van der Waals surface area contributed by atoms with Gasteiger partial charge in [0.25, 0.3) is 10.0 Å². The molecule has 0 unspecified atom stereocenters. The number of hydrogen-bond donors (Lipinski definition) is 1. The van der Waals surface area contributed by atoms with Gasteiger partial charge in [0.1, 0.15) is 11.6 Å². The van der Waals surface area contributed by atoms with Crippen LogP contribution < -0.4 is 5.32 Å². The number of halogens is 3. The van der Waals surface area contributed by atoms with Crippen LogP contribution >= 0.6 is 0 Å². The summed E-state index contributed by atoms with van der Waals surface area (Å²) in [6, 6.07) is 1.37. The summed E-state index contributed by atoms with van der Waals surface area (Å²) in [5.41, 5.74) is -2.29. The first kappa shape index (κ1) is 19.6. The standard InChI is InChI=1S/C15H18F3N5O3S/c1-9-5-10(13(24)20-14(8-19)3-4-14)23(7-9)27(25,26)12-6-11(15(16,17)18)21-22(12)2/h6,9-10H,3-5,7H2,1-2H3,(H,20,24)/t9-,10-/m0/s1. The zero-order valence-electron chi connectivity index (χ0n) is 14.6. The molecule has 27 heavy (non-hydrogen) atoms. The summed E-state index contributed by atoms with van der Waals surface area (Å²) < 4.78 is 66.1. The number of carbonyl (C=O) groups excluding carboxylic acids is 1. The Labute approximate surface area is 154 Å². The summed E-state index contributed by atoms with van der Waals surface area (Å²) in [4.78, 5) is 12.6. The predicted molar refractivity (Wildman–Crippen MR) is 85.4 cm³/mol. The van der Waals surface area contributed by atoms with Crippen molar-refractivity contribution in [1.82, 2.24) is 19.4 Å². The Morgan fingerprint density at radius 2 is 2.07 bits per heavy atom. The van der Waals surface area contributed by atoms with E-state index in [1.54, 1.807) is 6.92 Å². The van der Waals surface area contributed by atoms with Gasteiger partial charge >= 0.3 is 6.18 Å². The second-order valence-corrected chi connectivity index (χ2v) is 8.94. The zero-order chi connectivity index (χ0) is 20.2. The molecule has 3 rings (SSSR count). The molecule has 0 spiro atoms. The Kier molecular flexibility index (Phi) is 4.51. The van der Waals surface area contributed by atoms with Gasteiger partial charge in [-0.25, -0.2) is 8.42 Å². The molecule has 1 aliphatic carbocycles. The number of aromatic nitrogens is 2. The SMILES string of the molecule is C[C@H]1C[C@@H](C(=O)NC2(C#N)CC2)N(S(=O)(=O)c2cc(C(F)(F)F)nn2C)C1. The molecule has 2 aliphatic rings. The highest BCUT2D eigenvalue weighted by atomic mass is 32.2. The van der Waals surface area contributed by atoms with E-state index in [-0.39, 0.29) is 18.9 Å². The third-order valence-corrected chi connectivity index (χ3v) is 6.73. The Hall–Kier alpha value is -2.13. The van der Waals surface area contributed by atoms with Gasteiger partial charge in [-0.3, -0.25) is 9.48 Å². The van der Waals surface area contributed by atoms with Crippen LogP contribution in [-0.4, -0.2) is 46.5 Å². The van der Waals surface area contributed by atoms with Crippen molar-refractivity contribution in [3.63, 3.8) is 0 Å². The topological polar surface area (TPSA) is 108 Å². The van der Waals surface area contributed by atoms with Crippen LogP contribution in [0.4, 0.5) is 13.2 Å². The van der Waals surface area contributed by atoms with Crippen molar-refractivity contribution in [1.29, 1.82) is 5.26 Å². The van der Waals surface area contributed by atoms with Gasteiger partial charge in [0.05, 0.1) is 6.07 Å². The van der Waals surface area contributed by atoms with Gasteiger partial charge < -0.3 is 5.32 Å². The molecular weight excluding hydrogens is 387 g/mol. The number of aryl methyl sites for hydroxylation is 1. The Balaban J connectivity index is 1.92. The highest BCUT2D eigenvalue weighted by molar-refractivity contribution is 7.89. The van der Waals surface area contributed by atoms with Crippen LogP contribution in [0.1, 0.15) is 31.9 Å². The summed E-state index contributed by atoms with van der Waals surface area (Å²) in [7, 11) is -3.29. The van der Waals surface area contributed by atoms with Gasteiger partial charge in [0.15, 0.2) is 10.7 Å². The van der Waals surface area contributed by atoms with Crippen LogP contribution in [0.5, 0.6) is 0 Å². The van der Waals surface area contributed by atoms with E-state index in [4.69, 9.17) is 5.26 Å². The van der Waals surface area contributed by atoms with E-state index >= 15 is 0 Å². The fraction of sp³-hybridized carbons (Fsp3) is 0.667. The lowest BCUT2D eigenvalue weighted by atomic mass is 10.1. The van der Waals surface area contributed by atoms with Crippen molar-refractivity contribution < 1.29 is 26.4 Å². The molecular formula is C15H18F3N5O3S. The minimum absolute atomic E-state index is 0.00744. The van der Waals surface area contributed by atoms with E-state index in [0.717, 1.165) is 11.4 Å². The van der Waals surface area contributed by atoms with E-state index in [1.165, 1.54) is 0 Å². The van der Waals surface area contributed by atoms with E-state index in [2.05, 4.69) is 10.4 Å². The smallest absolute Gasteiger partial charge is 0.336 e. The van der Waals surface area contributed by atoms with Crippen molar-refractivity contribution in [2.75, 3.05) is 6.54 Å². The third kappa shape index (κ3) is 3.53. The van der Waals surface area contributed by atoms with Crippen molar-refractivity contribution >= 4 is 15.9 Å². The van der Waals surface area contributed by atoms with E-state index in [0.29, 0.717) is 23.6 Å². The van der Waals surface area contributed by atoms with Crippen molar-refractivity contribution in [3.8, 4) is 6.07 Å². The van der Waals surface area contributed by atoms with Crippen LogP contribution in [0.3, 0.4) is 0 Å².